The van der Waals surface area contributed by atoms with Crippen molar-refractivity contribution in [1.82, 2.24) is 14.5 Å². The Morgan fingerprint density at radius 2 is 1.92 bits per heavy atom. The molecule has 130 valence electrons. The third-order valence-corrected chi connectivity index (χ3v) is 4.94. The Labute approximate surface area is 139 Å². The Hall–Kier alpha value is -1.74. The lowest BCUT2D eigenvalue weighted by Crippen LogP contribution is -2.33. The van der Waals surface area contributed by atoms with E-state index in [0.717, 1.165) is 37.1 Å². The number of anilines is 1. The monoisotopic (exact) mass is 334 g/mol. The van der Waals surface area contributed by atoms with Crippen molar-refractivity contribution < 1.29 is 20.1 Å². The van der Waals surface area contributed by atoms with Gasteiger partial charge in [-0.3, -0.25) is 0 Å². The number of hydrogen-bond donors (Lipinski definition) is 3. The van der Waals surface area contributed by atoms with Gasteiger partial charge in [-0.2, -0.15) is 0 Å². The molecule has 0 aromatic carbocycles. The van der Waals surface area contributed by atoms with Crippen LogP contribution in [0.4, 0.5) is 5.82 Å². The van der Waals surface area contributed by atoms with Gasteiger partial charge in [-0.1, -0.05) is 0 Å². The molecule has 3 N–H and O–H groups in total. The van der Waals surface area contributed by atoms with Crippen LogP contribution in [0.3, 0.4) is 0 Å². The number of nitrogens with zero attached hydrogens (tertiary/aromatic N) is 4. The van der Waals surface area contributed by atoms with E-state index in [0.29, 0.717) is 5.65 Å². The minimum atomic E-state index is -1.12. The predicted molar refractivity (Wildman–Crippen MR) is 86.6 cm³/mol. The van der Waals surface area contributed by atoms with E-state index in [-0.39, 0.29) is 6.61 Å². The molecule has 0 spiro atoms. The molecule has 2 fully saturated rings. The van der Waals surface area contributed by atoms with Gasteiger partial charge < -0.3 is 29.5 Å². The smallest absolute Gasteiger partial charge is 0.164 e. The Morgan fingerprint density at radius 1 is 1.12 bits per heavy atom. The first-order valence-electron chi connectivity index (χ1n) is 8.39. The normalized spacial score (nSPS) is 31.0. The van der Waals surface area contributed by atoms with Gasteiger partial charge in [0.2, 0.25) is 0 Å². The standard InChI is InChI=1S/C16H22N4O4/c21-8-11-12(22)13(23)16(24-11)20-7-4-10-14(17-9-18-15(10)20)19-5-2-1-3-6-19/h4,7,9,11-13,16,21-23H,1-3,5-6,8H2/t11-,12+,13-,16+/m0/s1. The van der Waals surface area contributed by atoms with E-state index in [9.17, 15) is 15.3 Å². The number of aromatic nitrogens is 3. The van der Waals surface area contributed by atoms with E-state index in [1.54, 1.807) is 10.8 Å². The lowest BCUT2D eigenvalue weighted by atomic mass is 10.1. The summed E-state index contributed by atoms with van der Waals surface area (Å²) in [5, 5.41) is 30.4. The van der Waals surface area contributed by atoms with Gasteiger partial charge in [0.25, 0.3) is 0 Å². The average molecular weight is 334 g/mol. The molecule has 0 amide bonds. The summed E-state index contributed by atoms with van der Waals surface area (Å²) in [5.74, 6) is 0.894. The van der Waals surface area contributed by atoms with Gasteiger partial charge in [-0.05, 0) is 25.3 Å². The van der Waals surface area contributed by atoms with Crippen LogP contribution in [0.2, 0.25) is 0 Å². The van der Waals surface area contributed by atoms with Crippen LogP contribution in [-0.2, 0) is 4.74 Å². The van der Waals surface area contributed by atoms with Gasteiger partial charge in [0.15, 0.2) is 6.23 Å². The van der Waals surface area contributed by atoms with Gasteiger partial charge in [0.05, 0.1) is 12.0 Å². The summed E-state index contributed by atoms with van der Waals surface area (Å²) in [6.45, 7) is 1.61. The molecule has 8 nitrogen and oxygen atoms in total. The van der Waals surface area contributed by atoms with E-state index in [1.165, 1.54) is 12.7 Å². The largest absolute Gasteiger partial charge is 0.394 e. The van der Waals surface area contributed by atoms with Crippen LogP contribution in [0.1, 0.15) is 25.5 Å². The summed E-state index contributed by atoms with van der Waals surface area (Å²) in [4.78, 5) is 11.0. The van der Waals surface area contributed by atoms with Crippen LogP contribution in [0.15, 0.2) is 18.6 Å². The second-order valence-electron chi connectivity index (χ2n) is 6.43. The number of aliphatic hydroxyl groups is 3. The van der Waals surface area contributed by atoms with Crippen molar-refractivity contribution in [1.29, 1.82) is 0 Å². The van der Waals surface area contributed by atoms with E-state index in [2.05, 4.69) is 14.9 Å². The predicted octanol–water partition coefficient (Wildman–Crippen LogP) is 0.0331. The molecule has 0 bridgehead atoms. The maximum absolute atomic E-state index is 10.2. The Bertz CT molecular complexity index is 715. The second kappa shape index (κ2) is 6.29. The van der Waals surface area contributed by atoms with Crippen molar-refractivity contribution in [2.45, 2.75) is 43.8 Å². The van der Waals surface area contributed by atoms with E-state index in [4.69, 9.17) is 4.74 Å². The summed E-state index contributed by atoms with van der Waals surface area (Å²) in [6.07, 6.45) is 3.03. The molecule has 4 rings (SSSR count). The van der Waals surface area contributed by atoms with Crippen molar-refractivity contribution >= 4 is 16.9 Å². The molecule has 0 radical (unpaired) electrons. The van der Waals surface area contributed by atoms with Gasteiger partial charge in [0, 0.05) is 19.3 Å². The van der Waals surface area contributed by atoms with E-state index >= 15 is 0 Å². The fraction of sp³-hybridized carbons (Fsp3) is 0.625. The molecule has 0 aliphatic carbocycles. The highest BCUT2D eigenvalue weighted by atomic mass is 16.6. The quantitative estimate of drug-likeness (QED) is 0.728. The lowest BCUT2D eigenvalue weighted by molar-refractivity contribution is -0.0508. The number of aliphatic hydroxyl groups excluding tert-OH is 3. The molecule has 0 saturated carbocycles. The molecule has 2 saturated heterocycles. The second-order valence-corrected chi connectivity index (χ2v) is 6.43. The third kappa shape index (κ3) is 2.46. The van der Waals surface area contributed by atoms with E-state index < -0.39 is 24.5 Å². The van der Waals surface area contributed by atoms with Crippen LogP contribution < -0.4 is 4.90 Å². The number of fused-ring (bicyclic) bond motifs is 1. The highest BCUT2D eigenvalue weighted by Gasteiger charge is 2.43. The fourth-order valence-electron chi connectivity index (χ4n) is 3.63. The molecule has 4 heterocycles. The van der Waals surface area contributed by atoms with Crippen LogP contribution in [0.25, 0.3) is 11.0 Å². The van der Waals surface area contributed by atoms with Gasteiger partial charge in [-0.15, -0.1) is 0 Å². The molecule has 24 heavy (non-hydrogen) atoms. The Morgan fingerprint density at radius 3 is 2.62 bits per heavy atom. The van der Waals surface area contributed by atoms with Crippen LogP contribution >= 0.6 is 0 Å². The maximum atomic E-state index is 10.2. The maximum Gasteiger partial charge on any atom is 0.164 e. The number of rotatable bonds is 3. The fourth-order valence-corrected chi connectivity index (χ4v) is 3.63. The van der Waals surface area contributed by atoms with Crippen LogP contribution in [-0.4, -0.2) is 67.9 Å². The van der Waals surface area contributed by atoms with Crippen molar-refractivity contribution in [2.75, 3.05) is 24.6 Å². The first-order chi connectivity index (χ1) is 11.7. The zero-order valence-corrected chi connectivity index (χ0v) is 13.3. The Balaban J connectivity index is 1.71. The number of piperidine rings is 1. The molecule has 0 unspecified atom stereocenters. The molecule has 8 heteroatoms. The first kappa shape index (κ1) is 15.8. The molecule has 2 aliphatic heterocycles. The molecule has 2 aliphatic rings. The Kier molecular flexibility index (Phi) is 4.13. The van der Waals surface area contributed by atoms with Crippen molar-refractivity contribution in [3.8, 4) is 0 Å². The first-order valence-corrected chi connectivity index (χ1v) is 8.39. The van der Waals surface area contributed by atoms with Crippen molar-refractivity contribution in [3.63, 3.8) is 0 Å². The summed E-state index contributed by atoms with van der Waals surface area (Å²) in [5.41, 5.74) is 0.653. The minimum Gasteiger partial charge on any atom is -0.394 e. The molecule has 2 aromatic rings. The third-order valence-electron chi connectivity index (χ3n) is 4.94. The number of ether oxygens (including phenoxy) is 1. The summed E-state index contributed by atoms with van der Waals surface area (Å²) in [7, 11) is 0. The highest BCUT2D eigenvalue weighted by molar-refractivity contribution is 5.88. The van der Waals surface area contributed by atoms with Gasteiger partial charge in [0.1, 0.15) is 36.1 Å². The molecular weight excluding hydrogens is 312 g/mol. The number of hydrogen-bond acceptors (Lipinski definition) is 7. The van der Waals surface area contributed by atoms with Crippen molar-refractivity contribution in [3.05, 3.63) is 18.6 Å². The lowest BCUT2D eigenvalue weighted by Gasteiger charge is -2.28. The molecular formula is C16H22N4O4. The summed E-state index contributed by atoms with van der Waals surface area (Å²) in [6, 6.07) is 1.91. The van der Waals surface area contributed by atoms with Crippen LogP contribution in [0.5, 0.6) is 0 Å². The molecule has 4 atom stereocenters. The minimum absolute atomic E-state index is 0.345. The van der Waals surface area contributed by atoms with Gasteiger partial charge >= 0.3 is 0 Å². The highest BCUT2D eigenvalue weighted by Crippen LogP contribution is 2.34. The SMILES string of the molecule is OC[C@@H]1O[C@@H](n2ccc3c(N4CCCCC4)ncnc32)[C@@H](O)[C@@H]1O. The molecule has 2 aromatic heterocycles. The van der Waals surface area contributed by atoms with Crippen LogP contribution in [0, 0.1) is 0 Å². The van der Waals surface area contributed by atoms with Crippen molar-refractivity contribution in [2.24, 2.45) is 0 Å². The zero-order chi connectivity index (χ0) is 16.7. The summed E-state index contributed by atoms with van der Waals surface area (Å²) >= 11 is 0. The van der Waals surface area contributed by atoms with E-state index in [1.807, 2.05) is 6.07 Å². The van der Waals surface area contributed by atoms with Gasteiger partial charge in [-0.25, -0.2) is 9.97 Å². The summed E-state index contributed by atoms with van der Waals surface area (Å²) < 4.78 is 7.31. The average Bonchev–Trinajstić information content (AvgIpc) is 3.17. The topological polar surface area (TPSA) is 104 Å². The zero-order valence-electron chi connectivity index (χ0n) is 13.3.